The average Bonchev–Trinajstić information content (AvgIpc) is 2.74. The fourth-order valence-electron chi connectivity index (χ4n) is 4.73. The number of rotatable bonds is 18. The maximum absolute atomic E-state index is 2.38. The number of quaternary nitrogens is 1. The molecular formula is C27H50N+. The Balaban J connectivity index is 2.37. The molecule has 0 fully saturated rings. The van der Waals surface area contributed by atoms with Gasteiger partial charge in [-0.05, 0) is 39.2 Å². The van der Waals surface area contributed by atoms with Crippen LogP contribution in [0.3, 0.4) is 0 Å². The van der Waals surface area contributed by atoms with E-state index >= 15 is 0 Å². The molecule has 0 saturated heterocycles. The largest absolute Gasteiger partial charge is 0.324 e. The van der Waals surface area contributed by atoms with Gasteiger partial charge in [0.2, 0.25) is 0 Å². The van der Waals surface area contributed by atoms with Crippen molar-refractivity contribution in [1.82, 2.24) is 0 Å². The van der Waals surface area contributed by atoms with Gasteiger partial charge in [-0.15, -0.1) is 0 Å². The fourth-order valence-corrected chi connectivity index (χ4v) is 4.73. The summed E-state index contributed by atoms with van der Waals surface area (Å²) in [5.74, 6) is 0.830. The lowest BCUT2D eigenvalue weighted by atomic mass is 9.92. The predicted octanol–water partition coefficient (Wildman–Crippen LogP) is 8.03. The molecule has 0 bridgehead atoms. The van der Waals surface area contributed by atoms with Gasteiger partial charge in [-0.3, -0.25) is 0 Å². The second-order valence-corrected chi connectivity index (χ2v) is 9.00. The molecule has 1 aromatic rings. The lowest BCUT2D eigenvalue weighted by Crippen LogP contribution is -2.50. The molecule has 0 aliphatic rings. The van der Waals surface area contributed by atoms with Crippen LogP contribution in [0.5, 0.6) is 0 Å². The molecule has 0 spiro atoms. The molecule has 1 aromatic carbocycles. The molecular weight excluding hydrogens is 338 g/mol. The maximum atomic E-state index is 2.38. The van der Waals surface area contributed by atoms with Crippen LogP contribution in [0.15, 0.2) is 30.3 Å². The first-order valence-corrected chi connectivity index (χ1v) is 12.6. The third-order valence-corrected chi connectivity index (χ3v) is 6.99. The minimum atomic E-state index is 0.830. The van der Waals surface area contributed by atoms with Crippen LogP contribution < -0.4 is 0 Å². The topological polar surface area (TPSA) is 0 Å². The van der Waals surface area contributed by atoms with Crippen LogP contribution in [0.4, 0.5) is 0 Å². The number of benzene rings is 1. The molecule has 0 aromatic heterocycles. The molecule has 28 heavy (non-hydrogen) atoms. The van der Waals surface area contributed by atoms with E-state index in [1.54, 1.807) is 0 Å². The van der Waals surface area contributed by atoms with Gasteiger partial charge in [0.1, 0.15) is 0 Å². The molecule has 1 unspecified atom stereocenters. The van der Waals surface area contributed by atoms with E-state index in [0.29, 0.717) is 0 Å². The van der Waals surface area contributed by atoms with Crippen molar-refractivity contribution < 1.29 is 4.48 Å². The SMILES string of the molecule is CCCCCCCCCCCCC(Cc1ccccc1)C[N+](CC)(CC)CC. The Hall–Kier alpha value is -0.820. The Morgan fingerprint density at radius 1 is 0.643 bits per heavy atom. The van der Waals surface area contributed by atoms with Crippen LogP contribution in [0.2, 0.25) is 0 Å². The molecule has 1 atom stereocenters. The molecule has 162 valence electrons. The second-order valence-electron chi connectivity index (χ2n) is 9.00. The van der Waals surface area contributed by atoms with Gasteiger partial charge in [0, 0.05) is 5.92 Å². The highest BCUT2D eigenvalue weighted by Crippen LogP contribution is 2.22. The minimum absolute atomic E-state index is 0.830. The first-order chi connectivity index (χ1) is 13.7. The molecule has 1 heteroatoms. The summed E-state index contributed by atoms with van der Waals surface area (Å²) in [5.41, 5.74) is 1.53. The van der Waals surface area contributed by atoms with Gasteiger partial charge in [-0.1, -0.05) is 101 Å². The van der Waals surface area contributed by atoms with Crippen LogP contribution in [0.25, 0.3) is 0 Å². The fraction of sp³-hybridized carbons (Fsp3) is 0.778. The van der Waals surface area contributed by atoms with Gasteiger partial charge < -0.3 is 4.48 Å². The number of nitrogens with zero attached hydrogens (tertiary/aromatic N) is 1. The minimum Gasteiger partial charge on any atom is -0.324 e. The second kappa shape index (κ2) is 16.0. The summed E-state index contributed by atoms with van der Waals surface area (Å²) in [6.07, 6.45) is 17.0. The summed E-state index contributed by atoms with van der Waals surface area (Å²) in [5, 5.41) is 0. The molecule has 0 N–H and O–H groups in total. The summed E-state index contributed by atoms with van der Waals surface area (Å²) < 4.78 is 1.29. The summed E-state index contributed by atoms with van der Waals surface area (Å²) >= 11 is 0. The highest BCUT2D eigenvalue weighted by Gasteiger charge is 2.26. The van der Waals surface area contributed by atoms with Crippen molar-refractivity contribution in [2.24, 2.45) is 5.92 Å². The van der Waals surface area contributed by atoms with Gasteiger partial charge in [-0.25, -0.2) is 0 Å². The van der Waals surface area contributed by atoms with Crippen molar-refractivity contribution in [2.45, 2.75) is 105 Å². The normalized spacial score (nSPS) is 13.0. The Morgan fingerprint density at radius 2 is 1.14 bits per heavy atom. The van der Waals surface area contributed by atoms with Crippen molar-refractivity contribution in [3.63, 3.8) is 0 Å². The number of hydrogen-bond donors (Lipinski definition) is 0. The van der Waals surface area contributed by atoms with E-state index in [4.69, 9.17) is 0 Å². The average molecular weight is 389 g/mol. The highest BCUT2D eigenvalue weighted by atomic mass is 15.3. The van der Waals surface area contributed by atoms with Crippen LogP contribution in [-0.4, -0.2) is 30.7 Å². The van der Waals surface area contributed by atoms with E-state index in [1.165, 1.54) is 113 Å². The zero-order chi connectivity index (χ0) is 20.5. The van der Waals surface area contributed by atoms with Gasteiger partial charge in [0.25, 0.3) is 0 Å². The predicted molar refractivity (Wildman–Crippen MR) is 127 cm³/mol. The molecule has 0 saturated carbocycles. The van der Waals surface area contributed by atoms with E-state index in [-0.39, 0.29) is 0 Å². The Kier molecular flexibility index (Phi) is 14.4. The van der Waals surface area contributed by atoms with E-state index in [1.807, 2.05) is 0 Å². The Bertz CT molecular complexity index is 440. The Morgan fingerprint density at radius 3 is 1.64 bits per heavy atom. The van der Waals surface area contributed by atoms with Gasteiger partial charge in [0.15, 0.2) is 0 Å². The van der Waals surface area contributed by atoms with Crippen LogP contribution in [0.1, 0.15) is 104 Å². The summed E-state index contributed by atoms with van der Waals surface area (Å²) in [4.78, 5) is 0. The van der Waals surface area contributed by atoms with Crippen molar-refractivity contribution in [2.75, 3.05) is 26.2 Å². The van der Waals surface area contributed by atoms with E-state index in [9.17, 15) is 0 Å². The van der Waals surface area contributed by atoms with Crippen LogP contribution >= 0.6 is 0 Å². The molecule has 0 amide bonds. The molecule has 1 rings (SSSR count). The van der Waals surface area contributed by atoms with Gasteiger partial charge >= 0.3 is 0 Å². The summed E-state index contributed by atoms with van der Waals surface area (Å²) in [7, 11) is 0. The maximum Gasteiger partial charge on any atom is 0.0818 e. The first-order valence-electron chi connectivity index (χ1n) is 12.6. The van der Waals surface area contributed by atoms with Crippen LogP contribution in [-0.2, 0) is 6.42 Å². The molecule has 1 nitrogen and oxygen atoms in total. The molecule has 0 aliphatic heterocycles. The quantitative estimate of drug-likeness (QED) is 0.176. The van der Waals surface area contributed by atoms with E-state index < -0.39 is 0 Å². The third-order valence-electron chi connectivity index (χ3n) is 6.99. The number of unbranched alkanes of at least 4 members (excludes halogenated alkanes) is 9. The van der Waals surface area contributed by atoms with Crippen molar-refractivity contribution >= 4 is 0 Å². The van der Waals surface area contributed by atoms with Crippen molar-refractivity contribution in [3.8, 4) is 0 Å². The lowest BCUT2D eigenvalue weighted by molar-refractivity contribution is -0.926. The monoisotopic (exact) mass is 388 g/mol. The van der Waals surface area contributed by atoms with Crippen molar-refractivity contribution in [1.29, 1.82) is 0 Å². The lowest BCUT2D eigenvalue weighted by Gasteiger charge is -2.39. The van der Waals surface area contributed by atoms with Gasteiger partial charge in [-0.2, -0.15) is 0 Å². The molecule has 0 heterocycles. The third kappa shape index (κ3) is 10.6. The highest BCUT2D eigenvalue weighted by molar-refractivity contribution is 5.15. The van der Waals surface area contributed by atoms with E-state index in [0.717, 1.165) is 5.92 Å². The zero-order valence-electron chi connectivity index (χ0n) is 19.7. The molecule has 0 radical (unpaired) electrons. The van der Waals surface area contributed by atoms with Gasteiger partial charge in [0.05, 0.1) is 26.2 Å². The number of hydrogen-bond acceptors (Lipinski definition) is 0. The smallest absolute Gasteiger partial charge is 0.0818 e. The summed E-state index contributed by atoms with van der Waals surface area (Å²) in [6.45, 7) is 14.6. The zero-order valence-corrected chi connectivity index (χ0v) is 19.7. The standard InChI is InChI=1S/C27H50N/c1-5-9-10-11-12-13-14-15-16-18-23-27(24-26-21-19-17-20-22-26)25-28(6-2,7-3)8-4/h17,19-22,27H,5-16,18,23-25H2,1-4H3/q+1. The van der Waals surface area contributed by atoms with Crippen LogP contribution in [0, 0.1) is 5.92 Å². The first kappa shape index (κ1) is 25.2. The Labute approximate surface area is 177 Å². The summed E-state index contributed by atoms with van der Waals surface area (Å²) in [6, 6.07) is 11.2. The van der Waals surface area contributed by atoms with Crippen molar-refractivity contribution in [3.05, 3.63) is 35.9 Å². The van der Waals surface area contributed by atoms with E-state index in [2.05, 4.69) is 58.0 Å². The molecule has 0 aliphatic carbocycles.